The molecule has 2 unspecified atom stereocenters. The van der Waals surface area contributed by atoms with Gasteiger partial charge in [-0.15, -0.1) is 0 Å². The fourth-order valence-corrected chi connectivity index (χ4v) is 6.50. The molecule has 2 bridgehead atoms. The molecule has 0 spiro atoms. The van der Waals surface area contributed by atoms with E-state index in [0.717, 1.165) is 66.6 Å². The molecule has 1 amide bonds. The number of aliphatic hydroxyl groups is 1. The molecular formula is C31H37N7O3. The predicted octanol–water partition coefficient (Wildman–Crippen LogP) is 4.92. The van der Waals surface area contributed by atoms with Crippen LogP contribution in [0, 0.1) is 18.8 Å². The number of amides is 1. The lowest BCUT2D eigenvalue weighted by Crippen LogP contribution is -2.20. The van der Waals surface area contributed by atoms with Gasteiger partial charge < -0.3 is 19.7 Å². The quantitative estimate of drug-likeness (QED) is 0.328. The van der Waals surface area contributed by atoms with E-state index in [1.807, 2.05) is 14.0 Å². The molecule has 2 aliphatic carbocycles. The third kappa shape index (κ3) is 5.28. The highest BCUT2D eigenvalue weighted by Gasteiger charge is 2.32. The average molecular weight is 556 g/mol. The molecule has 10 heteroatoms. The molecular weight excluding hydrogens is 518 g/mol. The fraction of sp³-hybridized carbons (Fsp3) is 0.484. The van der Waals surface area contributed by atoms with Gasteiger partial charge in [-0.1, -0.05) is 0 Å². The van der Waals surface area contributed by atoms with Crippen LogP contribution in [0.3, 0.4) is 0 Å². The SMILES string of the molecule is Cc1cc2cc(n1)-c1cnn(C)c1OCCC[C@@H](C1CC1)Cn1c(nc3cc(NC4CCC(O)C4)ccc31)NC2=O. The third-order valence-corrected chi connectivity index (χ3v) is 8.79. The highest BCUT2D eigenvalue weighted by atomic mass is 16.5. The van der Waals surface area contributed by atoms with Gasteiger partial charge in [0, 0.05) is 36.6 Å². The van der Waals surface area contributed by atoms with Gasteiger partial charge in [0.25, 0.3) is 5.91 Å². The second-order valence-corrected chi connectivity index (χ2v) is 12.0. The summed E-state index contributed by atoms with van der Waals surface area (Å²) in [6, 6.07) is 10.1. The third-order valence-electron chi connectivity index (χ3n) is 8.79. The Morgan fingerprint density at radius 2 is 1.95 bits per heavy atom. The molecule has 0 saturated heterocycles. The molecule has 10 nitrogen and oxygen atoms in total. The maximum Gasteiger partial charge on any atom is 0.258 e. The van der Waals surface area contributed by atoms with Gasteiger partial charge in [0.05, 0.1) is 41.2 Å². The van der Waals surface area contributed by atoms with Crippen LogP contribution >= 0.6 is 0 Å². The van der Waals surface area contributed by atoms with Crippen LogP contribution in [-0.4, -0.2) is 54.1 Å². The van der Waals surface area contributed by atoms with Gasteiger partial charge in [0.2, 0.25) is 11.8 Å². The van der Waals surface area contributed by atoms with E-state index >= 15 is 0 Å². The lowest BCUT2D eigenvalue weighted by molar-refractivity contribution is 0.102. The Kier molecular flexibility index (Phi) is 6.65. The lowest BCUT2D eigenvalue weighted by atomic mass is 9.97. The van der Waals surface area contributed by atoms with Crippen molar-refractivity contribution in [3.8, 4) is 17.1 Å². The van der Waals surface area contributed by atoms with Gasteiger partial charge in [-0.25, -0.2) is 9.67 Å². The summed E-state index contributed by atoms with van der Waals surface area (Å²) in [5.74, 6) is 2.15. The van der Waals surface area contributed by atoms with Crippen molar-refractivity contribution < 1.29 is 14.6 Å². The minimum Gasteiger partial charge on any atom is -0.477 e. The average Bonchev–Trinajstić information content (AvgIpc) is 3.49. The van der Waals surface area contributed by atoms with Crippen molar-refractivity contribution in [1.82, 2.24) is 24.3 Å². The summed E-state index contributed by atoms with van der Waals surface area (Å²) in [5.41, 5.74) is 5.52. The van der Waals surface area contributed by atoms with Crippen molar-refractivity contribution in [2.75, 3.05) is 17.2 Å². The topological polar surface area (TPSA) is 119 Å². The van der Waals surface area contributed by atoms with Crippen LogP contribution in [0.5, 0.6) is 5.88 Å². The van der Waals surface area contributed by atoms with Crippen LogP contribution < -0.4 is 15.4 Å². The lowest BCUT2D eigenvalue weighted by Gasteiger charge is -2.20. The van der Waals surface area contributed by atoms with Crippen LogP contribution in [0.1, 0.15) is 61.0 Å². The van der Waals surface area contributed by atoms with Crippen molar-refractivity contribution in [2.24, 2.45) is 18.9 Å². The zero-order chi connectivity index (χ0) is 28.1. The number of nitrogens with one attached hydrogen (secondary N) is 2. The van der Waals surface area contributed by atoms with Crippen molar-refractivity contribution >= 4 is 28.6 Å². The standard InChI is InChI=1S/C31H37N7O3/c1-18-12-21-13-26(33-18)25-16-32-37(2)30(25)41-11-3-4-20(19-5-6-19)17-38-28-10-8-23(34-22-7-9-24(39)14-22)15-27(28)35-31(38)36-29(21)40/h8,10,12-13,15-16,19-20,22,24,34,39H,3-7,9,11,14,17H2,1-2H3,(H,35,36,40)/t20-,22?,24?/m1/s1. The van der Waals surface area contributed by atoms with E-state index in [2.05, 4.69) is 38.5 Å². The number of carbonyl (C=O) groups is 1. The zero-order valence-electron chi connectivity index (χ0n) is 23.6. The first-order chi connectivity index (χ1) is 19.9. The molecule has 0 radical (unpaired) electrons. The number of rotatable bonds is 3. The highest BCUT2D eigenvalue weighted by molar-refractivity contribution is 6.05. The number of hydrogen-bond acceptors (Lipinski definition) is 7. The molecule has 4 heterocycles. The Hall–Kier alpha value is -3.92. The zero-order valence-corrected chi connectivity index (χ0v) is 23.6. The van der Waals surface area contributed by atoms with E-state index in [4.69, 9.17) is 14.7 Å². The summed E-state index contributed by atoms with van der Waals surface area (Å²) in [6.45, 7) is 3.27. The predicted molar refractivity (Wildman–Crippen MR) is 157 cm³/mol. The first kappa shape index (κ1) is 26.0. The number of pyridine rings is 1. The van der Waals surface area contributed by atoms with Gasteiger partial charge in [-0.3, -0.25) is 15.1 Å². The van der Waals surface area contributed by atoms with Crippen LogP contribution in [0.15, 0.2) is 36.5 Å². The summed E-state index contributed by atoms with van der Waals surface area (Å²) in [4.78, 5) is 23.3. The Balaban J connectivity index is 1.27. The van der Waals surface area contributed by atoms with Crippen LogP contribution in [0.25, 0.3) is 22.3 Å². The smallest absolute Gasteiger partial charge is 0.258 e. The van der Waals surface area contributed by atoms with Gasteiger partial charge in [-0.2, -0.15) is 5.10 Å². The Labute approximate surface area is 239 Å². The van der Waals surface area contributed by atoms with E-state index in [1.165, 1.54) is 12.8 Å². The van der Waals surface area contributed by atoms with E-state index in [0.29, 0.717) is 41.5 Å². The van der Waals surface area contributed by atoms with Crippen LogP contribution in [-0.2, 0) is 13.6 Å². The van der Waals surface area contributed by atoms with Crippen molar-refractivity contribution in [1.29, 1.82) is 0 Å². The second-order valence-electron chi connectivity index (χ2n) is 12.0. The number of fused-ring (bicyclic) bond motifs is 7. The van der Waals surface area contributed by atoms with Gasteiger partial charge in [0.1, 0.15) is 0 Å². The Morgan fingerprint density at radius 3 is 2.76 bits per heavy atom. The molecule has 1 aromatic carbocycles. The highest BCUT2D eigenvalue weighted by Crippen LogP contribution is 2.41. The number of ether oxygens (including phenoxy) is 1. The number of imidazole rings is 1. The number of aryl methyl sites for hydroxylation is 2. The first-order valence-corrected chi connectivity index (χ1v) is 14.8. The minimum absolute atomic E-state index is 0.226. The Bertz CT molecular complexity index is 1600. The molecule has 2 saturated carbocycles. The van der Waals surface area contributed by atoms with E-state index in [1.54, 1.807) is 23.0 Å². The fourth-order valence-electron chi connectivity index (χ4n) is 6.50. The number of aromatic nitrogens is 5. The summed E-state index contributed by atoms with van der Waals surface area (Å²) in [6.07, 6.45) is 8.49. The van der Waals surface area contributed by atoms with Crippen molar-refractivity contribution in [3.63, 3.8) is 0 Å². The molecule has 3 aromatic heterocycles. The summed E-state index contributed by atoms with van der Waals surface area (Å²) in [7, 11) is 1.87. The number of benzene rings is 1. The number of aliphatic hydroxyl groups excluding tert-OH is 1. The maximum absolute atomic E-state index is 13.7. The molecule has 7 rings (SSSR count). The summed E-state index contributed by atoms with van der Waals surface area (Å²) in [5, 5.41) is 21.1. The molecule has 1 aliphatic heterocycles. The van der Waals surface area contributed by atoms with E-state index in [9.17, 15) is 9.90 Å². The number of carbonyl (C=O) groups excluding carboxylic acids is 1. The second kappa shape index (κ2) is 10.5. The van der Waals surface area contributed by atoms with Gasteiger partial charge in [0.15, 0.2) is 0 Å². The van der Waals surface area contributed by atoms with Crippen LogP contribution in [0.2, 0.25) is 0 Å². The minimum atomic E-state index is -0.232. The molecule has 3 aliphatic rings. The van der Waals surface area contributed by atoms with E-state index in [-0.39, 0.29) is 18.1 Å². The normalized spacial score (nSPS) is 23.2. The van der Waals surface area contributed by atoms with Gasteiger partial charge in [-0.05, 0) is 94.0 Å². The van der Waals surface area contributed by atoms with E-state index < -0.39 is 0 Å². The molecule has 41 heavy (non-hydrogen) atoms. The molecule has 214 valence electrons. The number of anilines is 2. The molecule has 3 atom stereocenters. The summed E-state index contributed by atoms with van der Waals surface area (Å²) >= 11 is 0. The molecule has 3 N–H and O–H groups in total. The van der Waals surface area contributed by atoms with Gasteiger partial charge >= 0.3 is 0 Å². The summed E-state index contributed by atoms with van der Waals surface area (Å²) < 4.78 is 10.2. The largest absolute Gasteiger partial charge is 0.477 e. The van der Waals surface area contributed by atoms with Crippen molar-refractivity contribution in [2.45, 2.75) is 70.6 Å². The first-order valence-electron chi connectivity index (χ1n) is 14.8. The van der Waals surface area contributed by atoms with Crippen LogP contribution in [0.4, 0.5) is 11.6 Å². The molecule has 4 aromatic rings. The molecule has 2 fully saturated rings. The number of hydrogen-bond donors (Lipinski definition) is 3. The van der Waals surface area contributed by atoms with Crippen molar-refractivity contribution in [3.05, 3.63) is 47.8 Å². The monoisotopic (exact) mass is 555 g/mol. The number of nitrogens with zero attached hydrogens (tertiary/aromatic N) is 5. The Morgan fingerprint density at radius 1 is 1.07 bits per heavy atom. The maximum atomic E-state index is 13.7.